The van der Waals surface area contributed by atoms with Crippen LogP contribution < -0.4 is 10.6 Å². The van der Waals surface area contributed by atoms with Crippen molar-refractivity contribution in [1.82, 2.24) is 15.6 Å². The smallest absolute Gasteiger partial charge is 0.191 e. The molecule has 0 saturated carbocycles. The zero-order valence-corrected chi connectivity index (χ0v) is 15.8. The molecule has 7 heteroatoms. The highest BCUT2D eigenvalue weighted by atomic mass is 127. The summed E-state index contributed by atoms with van der Waals surface area (Å²) in [5.41, 5.74) is 1.12. The highest BCUT2D eigenvalue weighted by Crippen LogP contribution is 2.11. The normalized spacial score (nSPS) is 10.9. The lowest BCUT2D eigenvalue weighted by molar-refractivity contribution is 0.814. The second-order valence-electron chi connectivity index (χ2n) is 4.25. The lowest BCUT2D eigenvalue weighted by Crippen LogP contribution is -2.36. The number of aromatic nitrogens is 1. The van der Waals surface area contributed by atoms with Gasteiger partial charge >= 0.3 is 0 Å². The highest BCUT2D eigenvalue weighted by molar-refractivity contribution is 14.0. The van der Waals surface area contributed by atoms with Crippen molar-refractivity contribution in [3.8, 4) is 0 Å². The molecule has 0 unspecified atom stereocenters. The minimum Gasteiger partial charge on any atom is -0.352 e. The Labute approximate surface area is 151 Å². The van der Waals surface area contributed by atoms with E-state index in [1.165, 1.54) is 4.88 Å². The van der Waals surface area contributed by atoms with Gasteiger partial charge in [-0.2, -0.15) is 0 Å². The van der Waals surface area contributed by atoms with Gasteiger partial charge < -0.3 is 10.6 Å². The maximum Gasteiger partial charge on any atom is 0.191 e. The number of halogens is 2. The van der Waals surface area contributed by atoms with Gasteiger partial charge in [-0.15, -0.1) is 35.3 Å². The molecule has 0 aliphatic rings. The average Bonchev–Trinajstić information content (AvgIpc) is 2.85. The van der Waals surface area contributed by atoms with E-state index in [0.717, 1.165) is 28.1 Å². The molecule has 21 heavy (non-hydrogen) atoms. The fourth-order valence-electron chi connectivity index (χ4n) is 1.71. The van der Waals surface area contributed by atoms with E-state index in [4.69, 9.17) is 11.6 Å². The summed E-state index contributed by atoms with van der Waals surface area (Å²) in [6.07, 6.45) is 1.89. The maximum absolute atomic E-state index is 5.96. The average molecular weight is 437 g/mol. The van der Waals surface area contributed by atoms with Crippen molar-refractivity contribution >= 4 is 52.9 Å². The van der Waals surface area contributed by atoms with Crippen molar-refractivity contribution in [3.63, 3.8) is 0 Å². The molecule has 114 valence electrons. The quantitative estimate of drug-likeness (QED) is 0.437. The van der Waals surface area contributed by atoms with Gasteiger partial charge in [-0.05, 0) is 24.6 Å². The van der Waals surface area contributed by atoms with Crippen LogP contribution in [0.2, 0.25) is 5.02 Å². The molecule has 0 spiro atoms. The second kappa shape index (κ2) is 9.22. The predicted octanol–water partition coefficient (Wildman–Crippen LogP) is 3.59. The van der Waals surface area contributed by atoms with Gasteiger partial charge in [0.05, 0.1) is 11.6 Å². The summed E-state index contributed by atoms with van der Waals surface area (Å²) >= 11 is 7.64. The first-order valence-electron chi connectivity index (χ1n) is 6.27. The SMILES string of the molecule is CN=C(NCc1cccc(Cl)c1)NCc1cnc(C)s1.I. The van der Waals surface area contributed by atoms with Gasteiger partial charge in [-0.1, -0.05) is 23.7 Å². The van der Waals surface area contributed by atoms with Gasteiger partial charge in [0, 0.05) is 29.7 Å². The van der Waals surface area contributed by atoms with Crippen LogP contribution in [-0.2, 0) is 13.1 Å². The van der Waals surface area contributed by atoms with Gasteiger partial charge in [0.15, 0.2) is 5.96 Å². The Morgan fingerprint density at radius 1 is 1.33 bits per heavy atom. The molecule has 0 fully saturated rings. The molecule has 0 amide bonds. The van der Waals surface area contributed by atoms with Crippen LogP contribution in [0, 0.1) is 6.92 Å². The molecule has 2 rings (SSSR count). The largest absolute Gasteiger partial charge is 0.352 e. The summed E-state index contributed by atoms with van der Waals surface area (Å²) in [6, 6.07) is 7.77. The van der Waals surface area contributed by atoms with Crippen molar-refractivity contribution < 1.29 is 0 Å². The first-order chi connectivity index (χ1) is 9.67. The van der Waals surface area contributed by atoms with E-state index in [9.17, 15) is 0 Å². The summed E-state index contributed by atoms with van der Waals surface area (Å²) in [4.78, 5) is 9.61. The summed E-state index contributed by atoms with van der Waals surface area (Å²) < 4.78 is 0. The van der Waals surface area contributed by atoms with Crippen LogP contribution in [0.1, 0.15) is 15.4 Å². The third-order valence-corrected chi connectivity index (χ3v) is 3.82. The molecule has 0 aliphatic carbocycles. The Bertz CT molecular complexity index is 600. The maximum atomic E-state index is 5.96. The summed E-state index contributed by atoms with van der Waals surface area (Å²) in [5.74, 6) is 0.760. The fourth-order valence-corrected chi connectivity index (χ4v) is 2.66. The van der Waals surface area contributed by atoms with E-state index in [2.05, 4.69) is 20.6 Å². The predicted molar refractivity (Wildman–Crippen MR) is 101 cm³/mol. The van der Waals surface area contributed by atoms with Crippen molar-refractivity contribution in [3.05, 3.63) is 50.9 Å². The van der Waals surface area contributed by atoms with Crippen LogP contribution in [0.25, 0.3) is 0 Å². The third-order valence-electron chi connectivity index (χ3n) is 2.67. The van der Waals surface area contributed by atoms with Crippen molar-refractivity contribution in [2.45, 2.75) is 20.0 Å². The second-order valence-corrected chi connectivity index (χ2v) is 6.01. The van der Waals surface area contributed by atoms with Gasteiger partial charge in [-0.3, -0.25) is 4.99 Å². The lowest BCUT2D eigenvalue weighted by atomic mass is 10.2. The number of benzene rings is 1. The molecule has 0 aliphatic heterocycles. The van der Waals surface area contributed by atoms with Crippen molar-refractivity contribution in [2.75, 3.05) is 7.05 Å². The monoisotopic (exact) mass is 436 g/mol. The van der Waals surface area contributed by atoms with Crippen LogP contribution in [0.5, 0.6) is 0 Å². The molecule has 1 aromatic heterocycles. The zero-order valence-electron chi connectivity index (χ0n) is 11.9. The molecule has 1 aromatic carbocycles. The number of guanidine groups is 1. The van der Waals surface area contributed by atoms with Crippen LogP contribution in [-0.4, -0.2) is 18.0 Å². The standard InChI is InChI=1S/C14H17ClN4S.HI/c1-10-17-8-13(20-10)9-19-14(16-2)18-7-11-4-3-5-12(15)6-11;/h3-6,8H,7,9H2,1-2H3,(H2,16,18,19);1H. The van der Waals surface area contributed by atoms with Crippen LogP contribution in [0.3, 0.4) is 0 Å². The Kier molecular flexibility index (Phi) is 7.98. The minimum atomic E-state index is 0. The van der Waals surface area contributed by atoms with Crippen LogP contribution in [0.15, 0.2) is 35.5 Å². The number of thiazole rings is 1. The molecule has 4 nitrogen and oxygen atoms in total. The molecule has 0 saturated heterocycles. The number of nitrogens with zero attached hydrogens (tertiary/aromatic N) is 2. The van der Waals surface area contributed by atoms with Gasteiger partial charge in [0.2, 0.25) is 0 Å². The summed E-state index contributed by atoms with van der Waals surface area (Å²) in [5, 5.41) is 8.33. The third kappa shape index (κ3) is 6.19. The van der Waals surface area contributed by atoms with E-state index >= 15 is 0 Å². The molecule has 1 heterocycles. The number of aliphatic imine (C=N–C) groups is 1. The zero-order chi connectivity index (χ0) is 14.4. The number of rotatable bonds is 4. The molecular weight excluding hydrogens is 419 g/mol. The van der Waals surface area contributed by atoms with E-state index < -0.39 is 0 Å². The number of nitrogens with one attached hydrogen (secondary N) is 2. The Morgan fingerprint density at radius 2 is 2.10 bits per heavy atom. The van der Waals surface area contributed by atoms with E-state index in [-0.39, 0.29) is 24.0 Å². The van der Waals surface area contributed by atoms with Gasteiger partial charge in [-0.25, -0.2) is 4.98 Å². The first kappa shape index (κ1) is 18.2. The number of hydrogen-bond acceptors (Lipinski definition) is 3. The molecule has 0 bridgehead atoms. The van der Waals surface area contributed by atoms with Gasteiger partial charge in [0.25, 0.3) is 0 Å². The minimum absolute atomic E-state index is 0. The Morgan fingerprint density at radius 3 is 2.71 bits per heavy atom. The Balaban J connectivity index is 0.00000220. The van der Waals surface area contributed by atoms with Crippen molar-refractivity contribution in [1.29, 1.82) is 0 Å². The van der Waals surface area contributed by atoms with Gasteiger partial charge in [0.1, 0.15) is 0 Å². The van der Waals surface area contributed by atoms with E-state index in [1.54, 1.807) is 18.4 Å². The molecular formula is C14H18ClIN4S. The highest BCUT2D eigenvalue weighted by Gasteiger charge is 2.01. The number of hydrogen-bond donors (Lipinski definition) is 2. The van der Waals surface area contributed by atoms with Crippen LogP contribution in [0.4, 0.5) is 0 Å². The fraction of sp³-hybridized carbons (Fsp3) is 0.286. The topological polar surface area (TPSA) is 49.3 Å². The van der Waals surface area contributed by atoms with E-state index in [1.807, 2.05) is 37.4 Å². The Hall–Kier alpha value is -0.860. The summed E-state index contributed by atoms with van der Waals surface area (Å²) in [6.45, 7) is 3.41. The first-order valence-corrected chi connectivity index (χ1v) is 7.47. The lowest BCUT2D eigenvalue weighted by Gasteiger charge is -2.11. The van der Waals surface area contributed by atoms with E-state index in [0.29, 0.717) is 6.54 Å². The molecule has 2 N–H and O–H groups in total. The molecule has 2 aromatic rings. The summed E-state index contributed by atoms with van der Waals surface area (Å²) in [7, 11) is 1.76. The van der Waals surface area contributed by atoms with Crippen LogP contribution >= 0.6 is 46.9 Å². The molecule has 0 radical (unpaired) electrons. The molecule has 0 atom stereocenters. The van der Waals surface area contributed by atoms with Crippen molar-refractivity contribution in [2.24, 2.45) is 4.99 Å². The number of aryl methyl sites for hydroxylation is 1.